The predicted octanol–water partition coefficient (Wildman–Crippen LogP) is -0.626. The Bertz CT molecular complexity index is 498. The van der Waals surface area contributed by atoms with Crippen molar-refractivity contribution in [2.75, 3.05) is 26.3 Å². The van der Waals surface area contributed by atoms with Crippen LogP contribution in [0.4, 0.5) is 0 Å². The highest BCUT2D eigenvalue weighted by Gasteiger charge is 2.39. The summed E-state index contributed by atoms with van der Waals surface area (Å²) >= 11 is 0. The van der Waals surface area contributed by atoms with E-state index in [9.17, 15) is 9.90 Å². The van der Waals surface area contributed by atoms with E-state index in [0.717, 1.165) is 25.9 Å². The van der Waals surface area contributed by atoms with E-state index in [-0.39, 0.29) is 18.0 Å². The normalized spacial score (nSPS) is 30.5. The van der Waals surface area contributed by atoms with Gasteiger partial charge in [0.15, 0.2) is 0 Å². The van der Waals surface area contributed by atoms with Gasteiger partial charge in [0.05, 0.1) is 31.7 Å². The number of carbonyl (C=O) groups is 1. The molecule has 1 saturated heterocycles. The summed E-state index contributed by atoms with van der Waals surface area (Å²) in [4.78, 5) is 18.4. The van der Waals surface area contributed by atoms with Crippen LogP contribution in [0.25, 0.3) is 0 Å². The average Bonchev–Trinajstić information content (AvgIpc) is 3.07. The molecule has 2 aliphatic rings. The zero-order chi connectivity index (χ0) is 14.8. The number of morpholine rings is 1. The Hall–Kier alpha value is -1.44. The summed E-state index contributed by atoms with van der Waals surface area (Å²) in [6, 6.07) is -0.0877. The number of hydrogen-bond donors (Lipinski definition) is 2. The minimum Gasteiger partial charge on any atom is -0.389 e. The second-order valence-electron chi connectivity index (χ2n) is 5.79. The van der Waals surface area contributed by atoms with Gasteiger partial charge in [-0.05, 0) is 12.8 Å². The third-order valence-corrected chi connectivity index (χ3v) is 4.35. The smallest absolute Gasteiger partial charge is 0.271 e. The molecule has 1 aromatic heterocycles. The Morgan fingerprint density at radius 1 is 1.43 bits per heavy atom. The Balaban J connectivity index is 1.58. The van der Waals surface area contributed by atoms with Crippen molar-refractivity contribution in [2.45, 2.75) is 31.0 Å². The molecule has 2 heterocycles. The van der Waals surface area contributed by atoms with Crippen LogP contribution in [0.3, 0.4) is 0 Å². The van der Waals surface area contributed by atoms with Crippen molar-refractivity contribution in [2.24, 2.45) is 7.05 Å². The van der Waals surface area contributed by atoms with E-state index >= 15 is 0 Å². The van der Waals surface area contributed by atoms with E-state index in [4.69, 9.17) is 4.74 Å². The van der Waals surface area contributed by atoms with Crippen molar-refractivity contribution >= 4 is 5.91 Å². The van der Waals surface area contributed by atoms with Crippen molar-refractivity contribution in [3.8, 4) is 0 Å². The number of aliphatic hydroxyl groups is 1. The van der Waals surface area contributed by atoms with Crippen LogP contribution in [-0.2, 0) is 11.8 Å². The minimum absolute atomic E-state index is 0.114. The van der Waals surface area contributed by atoms with Crippen LogP contribution in [0.5, 0.6) is 0 Å². The van der Waals surface area contributed by atoms with Gasteiger partial charge in [-0.25, -0.2) is 4.98 Å². The zero-order valence-electron chi connectivity index (χ0n) is 12.2. The van der Waals surface area contributed by atoms with Crippen LogP contribution in [0.2, 0.25) is 0 Å². The number of hydrogen-bond acceptors (Lipinski definition) is 5. The molecule has 0 spiro atoms. The third-order valence-electron chi connectivity index (χ3n) is 4.35. The molecule has 3 rings (SSSR count). The quantitative estimate of drug-likeness (QED) is 0.776. The highest BCUT2D eigenvalue weighted by atomic mass is 16.5. The van der Waals surface area contributed by atoms with Gasteiger partial charge in [0.1, 0.15) is 5.69 Å². The fourth-order valence-electron chi connectivity index (χ4n) is 3.20. The van der Waals surface area contributed by atoms with E-state index in [1.807, 2.05) is 7.05 Å². The lowest BCUT2D eigenvalue weighted by molar-refractivity contribution is -0.0154. The fraction of sp³-hybridized carbons (Fsp3) is 0.714. The summed E-state index contributed by atoms with van der Waals surface area (Å²) in [5.74, 6) is -0.220. The molecular weight excluding hydrogens is 272 g/mol. The molecule has 1 aliphatic heterocycles. The Kier molecular flexibility index (Phi) is 4.23. The molecule has 21 heavy (non-hydrogen) atoms. The Morgan fingerprint density at radius 2 is 2.19 bits per heavy atom. The molecule has 3 atom stereocenters. The van der Waals surface area contributed by atoms with E-state index in [1.54, 1.807) is 17.1 Å². The summed E-state index contributed by atoms with van der Waals surface area (Å²) in [5, 5.41) is 13.4. The van der Waals surface area contributed by atoms with Crippen molar-refractivity contribution in [3.05, 3.63) is 18.2 Å². The predicted molar refractivity (Wildman–Crippen MR) is 75.9 cm³/mol. The number of amides is 1. The minimum atomic E-state index is -0.532. The van der Waals surface area contributed by atoms with Crippen LogP contribution >= 0.6 is 0 Å². The van der Waals surface area contributed by atoms with Crippen molar-refractivity contribution in [1.82, 2.24) is 19.8 Å². The maximum atomic E-state index is 12.1. The molecule has 2 fully saturated rings. The molecular formula is C14H22N4O3. The SMILES string of the molecule is Cn1cnc(C(=O)N[C@@H]2CC[C@@H](N3CCOCC3)[C@@H]2O)c1. The van der Waals surface area contributed by atoms with Gasteiger partial charge in [0.2, 0.25) is 0 Å². The molecule has 7 nitrogen and oxygen atoms in total. The van der Waals surface area contributed by atoms with Gasteiger partial charge < -0.3 is 19.7 Å². The number of nitrogens with zero attached hydrogens (tertiary/aromatic N) is 3. The topological polar surface area (TPSA) is 79.6 Å². The van der Waals surface area contributed by atoms with Gasteiger partial charge in [-0.2, -0.15) is 0 Å². The summed E-state index contributed by atoms with van der Waals surface area (Å²) < 4.78 is 7.08. The largest absolute Gasteiger partial charge is 0.389 e. The van der Waals surface area contributed by atoms with Gasteiger partial charge in [-0.1, -0.05) is 0 Å². The number of carbonyl (C=O) groups excluding carboxylic acids is 1. The number of imidazole rings is 1. The molecule has 0 unspecified atom stereocenters. The first-order valence-corrected chi connectivity index (χ1v) is 7.44. The lowest BCUT2D eigenvalue weighted by atomic mass is 10.1. The van der Waals surface area contributed by atoms with Gasteiger partial charge in [0, 0.05) is 32.4 Å². The van der Waals surface area contributed by atoms with Crippen molar-refractivity contribution < 1.29 is 14.6 Å². The molecule has 116 valence electrons. The molecule has 1 aromatic rings. The molecule has 0 aromatic carbocycles. The number of rotatable bonds is 3. The highest BCUT2D eigenvalue weighted by Crippen LogP contribution is 2.25. The molecule has 7 heteroatoms. The van der Waals surface area contributed by atoms with Gasteiger partial charge in [-0.15, -0.1) is 0 Å². The maximum absolute atomic E-state index is 12.1. The summed E-state index contributed by atoms with van der Waals surface area (Å²) in [5.41, 5.74) is 0.388. The maximum Gasteiger partial charge on any atom is 0.271 e. The second-order valence-corrected chi connectivity index (χ2v) is 5.79. The van der Waals surface area contributed by atoms with Gasteiger partial charge in [0.25, 0.3) is 5.91 Å². The number of aromatic nitrogens is 2. The van der Waals surface area contributed by atoms with Gasteiger partial charge in [-0.3, -0.25) is 9.69 Å². The number of nitrogens with one attached hydrogen (secondary N) is 1. The Morgan fingerprint density at radius 3 is 2.86 bits per heavy atom. The van der Waals surface area contributed by atoms with Crippen molar-refractivity contribution in [3.63, 3.8) is 0 Å². The van der Waals surface area contributed by atoms with E-state index < -0.39 is 6.10 Å². The standard InChI is InChI=1S/C14H22N4O3/c1-17-8-11(15-9-17)14(20)16-10-2-3-12(13(10)19)18-4-6-21-7-5-18/h8-10,12-13,19H,2-7H2,1H3,(H,16,20)/t10-,12-,13-/m1/s1. The fourth-order valence-corrected chi connectivity index (χ4v) is 3.20. The second kappa shape index (κ2) is 6.13. The third kappa shape index (κ3) is 3.09. The van der Waals surface area contributed by atoms with Crippen LogP contribution < -0.4 is 5.32 Å². The molecule has 0 bridgehead atoms. The summed E-state index contributed by atoms with van der Waals surface area (Å²) in [6.07, 6.45) is 4.43. The molecule has 1 saturated carbocycles. The van der Waals surface area contributed by atoms with Crippen LogP contribution in [0.1, 0.15) is 23.3 Å². The first kappa shape index (κ1) is 14.5. The highest BCUT2D eigenvalue weighted by molar-refractivity contribution is 5.92. The zero-order valence-corrected chi connectivity index (χ0v) is 12.2. The lowest BCUT2D eigenvalue weighted by Crippen LogP contribution is -2.51. The van der Waals surface area contributed by atoms with Gasteiger partial charge >= 0.3 is 0 Å². The number of aryl methyl sites for hydroxylation is 1. The molecule has 0 radical (unpaired) electrons. The number of aliphatic hydroxyl groups excluding tert-OH is 1. The summed E-state index contributed by atoms with van der Waals surface area (Å²) in [6.45, 7) is 3.13. The van der Waals surface area contributed by atoms with Crippen LogP contribution in [0, 0.1) is 0 Å². The number of ether oxygens (including phenoxy) is 1. The average molecular weight is 294 g/mol. The lowest BCUT2D eigenvalue weighted by Gasteiger charge is -2.34. The Labute approximate surface area is 123 Å². The van der Waals surface area contributed by atoms with Crippen molar-refractivity contribution in [1.29, 1.82) is 0 Å². The van der Waals surface area contributed by atoms with Crippen LogP contribution in [0.15, 0.2) is 12.5 Å². The molecule has 2 N–H and O–H groups in total. The van der Waals surface area contributed by atoms with E-state index in [2.05, 4.69) is 15.2 Å². The van der Waals surface area contributed by atoms with E-state index in [0.29, 0.717) is 18.9 Å². The first-order valence-electron chi connectivity index (χ1n) is 7.44. The monoisotopic (exact) mass is 294 g/mol. The van der Waals surface area contributed by atoms with Crippen LogP contribution in [-0.4, -0.2) is 70.0 Å². The first-order chi connectivity index (χ1) is 10.1. The summed E-state index contributed by atoms with van der Waals surface area (Å²) in [7, 11) is 1.82. The molecule has 1 aliphatic carbocycles. The molecule has 1 amide bonds. The van der Waals surface area contributed by atoms with E-state index in [1.165, 1.54) is 0 Å².